The maximum Gasteiger partial charge on any atom is 0.119 e. The number of benzene rings is 1. The van der Waals surface area contributed by atoms with Gasteiger partial charge in [0.05, 0.1) is 7.11 Å². The zero-order valence-electron chi connectivity index (χ0n) is 9.49. The molecule has 1 aliphatic rings. The van der Waals surface area contributed by atoms with Gasteiger partial charge in [-0.15, -0.1) is 0 Å². The molecule has 1 saturated carbocycles. The van der Waals surface area contributed by atoms with Crippen LogP contribution < -0.4 is 10.1 Å². The van der Waals surface area contributed by atoms with Crippen LogP contribution in [0.5, 0.6) is 5.75 Å². The van der Waals surface area contributed by atoms with Gasteiger partial charge in [0.25, 0.3) is 0 Å². The zero-order valence-corrected chi connectivity index (χ0v) is 9.49. The van der Waals surface area contributed by atoms with Crippen LogP contribution in [0.15, 0.2) is 24.3 Å². The summed E-state index contributed by atoms with van der Waals surface area (Å²) in [7, 11) is 1.71. The average Bonchev–Trinajstić information content (AvgIpc) is 3.10. The lowest BCUT2D eigenvalue weighted by Gasteiger charge is -2.14. The van der Waals surface area contributed by atoms with E-state index in [0.717, 1.165) is 18.2 Å². The Kier molecular flexibility index (Phi) is 3.27. The summed E-state index contributed by atoms with van der Waals surface area (Å²) < 4.78 is 5.22. The van der Waals surface area contributed by atoms with Crippen molar-refractivity contribution in [3.63, 3.8) is 0 Å². The molecule has 0 bridgehead atoms. The van der Waals surface area contributed by atoms with Crippen LogP contribution in [-0.4, -0.2) is 13.7 Å². The summed E-state index contributed by atoms with van der Waals surface area (Å²) in [6, 6.07) is 8.69. The van der Waals surface area contributed by atoms with Crippen molar-refractivity contribution in [3.8, 4) is 5.75 Å². The molecule has 0 amide bonds. The number of nitrogens with one attached hydrogen (secondary N) is 1. The molecular weight excluding hydrogens is 186 g/mol. The summed E-state index contributed by atoms with van der Waals surface area (Å²) in [5, 5.41) is 3.56. The van der Waals surface area contributed by atoms with Gasteiger partial charge in [-0.3, -0.25) is 0 Å². The Bertz CT molecular complexity index is 320. The Morgan fingerprint density at radius 2 is 2.27 bits per heavy atom. The lowest BCUT2D eigenvalue weighted by molar-refractivity contribution is 0.413. The molecule has 0 radical (unpaired) electrons. The van der Waals surface area contributed by atoms with Crippen LogP contribution in [0.1, 0.15) is 31.4 Å². The van der Waals surface area contributed by atoms with Gasteiger partial charge in [0.15, 0.2) is 0 Å². The van der Waals surface area contributed by atoms with Gasteiger partial charge in [0.2, 0.25) is 0 Å². The van der Waals surface area contributed by atoms with Gasteiger partial charge in [0.1, 0.15) is 5.75 Å². The first-order chi connectivity index (χ1) is 7.29. The van der Waals surface area contributed by atoms with E-state index >= 15 is 0 Å². The fourth-order valence-corrected chi connectivity index (χ4v) is 1.69. The Balaban J connectivity index is 1.93. The van der Waals surface area contributed by atoms with Crippen molar-refractivity contribution < 1.29 is 4.74 Å². The van der Waals surface area contributed by atoms with Crippen LogP contribution in [0.3, 0.4) is 0 Å². The van der Waals surface area contributed by atoms with Gasteiger partial charge in [-0.1, -0.05) is 12.1 Å². The minimum atomic E-state index is 0.417. The second-order valence-electron chi connectivity index (χ2n) is 4.35. The number of rotatable bonds is 5. The summed E-state index contributed by atoms with van der Waals surface area (Å²) in [5.41, 5.74) is 1.30. The van der Waals surface area contributed by atoms with Crippen molar-refractivity contribution in [1.82, 2.24) is 5.32 Å². The molecule has 1 fully saturated rings. The van der Waals surface area contributed by atoms with Gasteiger partial charge in [-0.2, -0.15) is 0 Å². The quantitative estimate of drug-likeness (QED) is 0.798. The number of methoxy groups -OCH3 is 1. The summed E-state index contributed by atoms with van der Waals surface area (Å²) >= 11 is 0. The molecule has 1 aromatic rings. The third kappa shape index (κ3) is 2.96. The second kappa shape index (κ2) is 4.67. The third-order valence-corrected chi connectivity index (χ3v) is 3.00. The SMILES string of the molecule is COc1cccc([C@H](C)NCC2CC2)c1. The molecule has 1 aliphatic carbocycles. The molecule has 1 N–H and O–H groups in total. The smallest absolute Gasteiger partial charge is 0.119 e. The van der Waals surface area contributed by atoms with Crippen LogP contribution in [0, 0.1) is 5.92 Å². The largest absolute Gasteiger partial charge is 0.497 e. The second-order valence-corrected chi connectivity index (χ2v) is 4.35. The summed E-state index contributed by atoms with van der Waals surface area (Å²) in [5.74, 6) is 1.87. The van der Waals surface area contributed by atoms with Crippen molar-refractivity contribution in [2.45, 2.75) is 25.8 Å². The number of ether oxygens (including phenoxy) is 1. The molecule has 0 aromatic heterocycles. The molecular formula is C13H19NO. The zero-order chi connectivity index (χ0) is 10.7. The summed E-state index contributed by atoms with van der Waals surface area (Å²) in [6.45, 7) is 3.36. The van der Waals surface area contributed by atoms with Gasteiger partial charge in [-0.05, 0) is 49.9 Å². The normalized spacial score (nSPS) is 17.5. The van der Waals surface area contributed by atoms with Crippen molar-refractivity contribution >= 4 is 0 Å². The first-order valence-electron chi connectivity index (χ1n) is 5.67. The number of hydrogen-bond acceptors (Lipinski definition) is 2. The summed E-state index contributed by atoms with van der Waals surface area (Å²) in [6.07, 6.45) is 2.80. The van der Waals surface area contributed by atoms with Crippen molar-refractivity contribution in [3.05, 3.63) is 29.8 Å². The van der Waals surface area contributed by atoms with Gasteiger partial charge in [-0.25, -0.2) is 0 Å². The highest BCUT2D eigenvalue weighted by atomic mass is 16.5. The predicted molar refractivity (Wildman–Crippen MR) is 62.1 cm³/mol. The van der Waals surface area contributed by atoms with Crippen molar-refractivity contribution in [1.29, 1.82) is 0 Å². The average molecular weight is 205 g/mol. The lowest BCUT2D eigenvalue weighted by Crippen LogP contribution is -2.20. The van der Waals surface area contributed by atoms with E-state index in [1.54, 1.807) is 7.11 Å². The third-order valence-electron chi connectivity index (χ3n) is 3.00. The minimum absolute atomic E-state index is 0.417. The van der Waals surface area contributed by atoms with E-state index < -0.39 is 0 Å². The molecule has 2 heteroatoms. The predicted octanol–water partition coefficient (Wildman–Crippen LogP) is 2.76. The van der Waals surface area contributed by atoms with E-state index in [-0.39, 0.29) is 0 Å². The molecule has 15 heavy (non-hydrogen) atoms. The van der Waals surface area contributed by atoms with Gasteiger partial charge >= 0.3 is 0 Å². The van der Waals surface area contributed by atoms with Gasteiger partial charge < -0.3 is 10.1 Å². The van der Waals surface area contributed by atoms with E-state index in [2.05, 4.69) is 24.4 Å². The van der Waals surface area contributed by atoms with E-state index in [9.17, 15) is 0 Å². The standard InChI is InChI=1S/C13H19NO/c1-10(14-9-11-6-7-11)12-4-3-5-13(8-12)15-2/h3-5,8,10-11,14H,6-7,9H2,1-2H3/t10-/m0/s1. The maximum absolute atomic E-state index is 5.22. The molecule has 1 aromatic carbocycles. The Morgan fingerprint density at radius 1 is 1.47 bits per heavy atom. The van der Waals surface area contributed by atoms with Crippen LogP contribution in [-0.2, 0) is 0 Å². The Hall–Kier alpha value is -1.02. The first-order valence-corrected chi connectivity index (χ1v) is 5.67. The molecule has 0 unspecified atom stereocenters. The highest BCUT2D eigenvalue weighted by Crippen LogP contribution is 2.28. The fraction of sp³-hybridized carbons (Fsp3) is 0.538. The molecule has 82 valence electrons. The Morgan fingerprint density at radius 3 is 2.93 bits per heavy atom. The van der Waals surface area contributed by atoms with E-state index in [1.807, 2.05) is 12.1 Å². The monoisotopic (exact) mass is 205 g/mol. The minimum Gasteiger partial charge on any atom is -0.497 e. The maximum atomic E-state index is 5.22. The topological polar surface area (TPSA) is 21.3 Å². The van der Waals surface area contributed by atoms with Crippen molar-refractivity contribution in [2.24, 2.45) is 5.92 Å². The molecule has 0 aliphatic heterocycles. The Labute approximate surface area is 91.6 Å². The summed E-state index contributed by atoms with van der Waals surface area (Å²) in [4.78, 5) is 0. The molecule has 0 saturated heterocycles. The molecule has 0 spiro atoms. The highest BCUT2D eigenvalue weighted by Gasteiger charge is 2.21. The molecule has 0 heterocycles. The molecule has 1 atom stereocenters. The van der Waals surface area contributed by atoms with Crippen LogP contribution in [0.4, 0.5) is 0 Å². The van der Waals surface area contributed by atoms with Crippen LogP contribution in [0.2, 0.25) is 0 Å². The molecule has 2 nitrogen and oxygen atoms in total. The first kappa shape index (κ1) is 10.5. The van der Waals surface area contributed by atoms with E-state index in [4.69, 9.17) is 4.74 Å². The highest BCUT2D eigenvalue weighted by molar-refractivity contribution is 5.30. The van der Waals surface area contributed by atoms with Crippen LogP contribution in [0.25, 0.3) is 0 Å². The van der Waals surface area contributed by atoms with Gasteiger partial charge in [0, 0.05) is 6.04 Å². The van der Waals surface area contributed by atoms with E-state index in [1.165, 1.54) is 18.4 Å². The number of hydrogen-bond donors (Lipinski definition) is 1. The lowest BCUT2D eigenvalue weighted by atomic mass is 10.1. The van der Waals surface area contributed by atoms with Crippen molar-refractivity contribution in [2.75, 3.05) is 13.7 Å². The fourth-order valence-electron chi connectivity index (χ4n) is 1.69. The van der Waals surface area contributed by atoms with E-state index in [0.29, 0.717) is 6.04 Å². The van der Waals surface area contributed by atoms with Crippen LogP contribution >= 0.6 is 0 Å². The molecule has 2 rings (SSSR count).